The summed E-state index contributed by atoms with van der Waals surface area (Å²) in [5, 5.41) is 22.0. The van der Waals surface area contributed by atoms with Crippen LogP contribution in [-0.2, 0) is 37.5 Å². The number of carbonyl (C=O) groups excluding carboxylic acids is 3. The third-order valence-corrected chi connectivity index (χ3v) is 7.89. The first kappa shape index (κ1) is 30.0. The van der Waals surface area contributed by atoms with E-state index in [0.717, 1.165) is 11.1 Å². The molecule has 220 valence electrons. The van der Waals surface area contributed by atoms with E-state index in [0.29, 0.717) is 12.0 Å². The van der Waals surface area contributed by atoms with Gasteiger partial charge in [-0.15, -0.1) is 0 Å². The Balaban J connectivity index is 1.58. The van der Waals surface area contributed by atoms with E-state index in [1.165, 1.54) is 11.8 Å². The van der Waals surface area contributed by atoms with Crippen LogP contribution in [0.15, 0.2) is 54.6 Å². The predicted molar refractivity (Wildman–Crippen MR) is 151 cm³/mol. The lowest BCUT2D eigenvalue weighted by molar-refractivity contribution is -0.147. The molecule has 41 heavy (non-hydrogen) atoms. The second-order valence-corrected chi connectivity index (χ2v) is 11.9. The molecule has 0 radical (unpaired) electrons. The van der Waals surface area contributed by atoms with Gasteiger partial charge in [0, 0.05) is 19.5 Å². The number of benzene rings is 2. The summed E-state index contributed by atoms with van der Waals surface area (Å²) in [5.41, 5.74) is 0.853. The maximum atomic E-state index is 14.0. The van der Waals surface area contributed by atoms with E-state index in [4.69, 9.17) is 4.74 Å². The van der Waals surface area contributed by atoms with E-state index in [2.05, 4.69) is 5.32 Å². The molecular weight excluding hydrogens is 526 g/mol. The standard InChI is InChI=1S/C31H39N3O7/c1-20(35)25(27(37)38)32-28(39)31(23-12-6-5-7-13-23)14-16-33(17-15-31)26(36)24-18-21-10-8-9-11-22(21)19-34(24)29(40)41-30(2,3)4/h5-13,20,24-25,35H,14-19H2,1-4H3,(H,32,39)(H,37,38)/t20-,24-,25+/m0/s1. The number of nitrogens with one attached hydrogen (secondary N) is 1. The molecule has 4 rings (SSSR count). The zero-order valence-electron chi connectivity index (χ0n) is 24.0. The van der Waals surface area contributed by atoms with Gasteiger partial charge in [-0.05, 0) is 57.2 Å². The van der Waals surface area contributed by atoms with Crippen molar-refractivity contribution in [1.82, 2.24) is 15.1 Å². The topological polar surface area (TPSA) is 136 Å². The molecule has 1 saturated heterocycles. The number of nitrogens with zero attached hydrogens (tertiary/aromatic N) is 2. The lowest BCUT2D eigenvalue weighted by Gasteiger charge is -2.44. The Labute approximate surface area is 240 Å². The normalized spacial score (nSPS) is 19.9. The molecule has 2 aliphatic rings. The van der Waals surface area contributed by atoms with E-state index < -0.39 is 47.2 Å². The van der Waals surface area contributed by atoms with E-state index in [-0.39, 0.29) is 38.4 Å². The van der Waals surface area contributed by atoms with Crippen LogP contribution in [0.5, 0.6) is 0 Å². The maximum absolute atomic E-state index is 14.0. The number of carbonyl (C=O) groups is 4. The molecule has 3 N–H and O–H groups in total. The van der Waals surface area contributed by atoms with Gasteiger partial charge in [0.25, 0.3) is 0 Å². The molecule has 0 unspecified atom stereocenters. The van der Waals surface area contributed by atoms with Gasteiger partial charge in [0.05, 0.1) is 18.1 Å². The Morgan fingerprint density at radius 2 is 1.56 bits per heavy atom. The van der Waals surface area contributed by atoms with E-state index in [9.17, 15) is 29.4 Å². The highest BCUT2D eigenvalue weighted by Gasteiger charge is 2.47. The summed E-state index contributed by atoms with van der Waals surface area (Å²) in [7, 11) is 0. The van der Waals surface area contributed by atoms with Crippen molar-refractivity contribution in [3.63, 3.8) is 0 Å². The van der Waals surface area contributed by atoms with Crippen molar-refractivity contribution in [2.75, 3.05) is 13.1 Å². The highest BCUT2D eigenvalue weighted by molar-refractivity contribution is 5.92. The minimum absolute atomic E-state index is 0.222. The van der Waals surface area contributed by atoms with Crippen molar-refractivity contribution >= 4 is 23.9 Å². The Morgan fingerprint density at radius 3 is 2.12 bits per heavy atom. The van der Waals surface area contributed by atoms with Crippen molar-refractivity contribution in [1.29, 1.82) is 0 Å². The minimum Gasteiger partial charge on any atom is -0.480 e. The first-order chi connectivity index (χ1) is 19.3. The van der Waals surface area contributed by atoms with Crippen LogP contribution in [-0.4, -0.2) is 80.8 Å². The van der Waals surface area contributed by atoms with Crippen LogP contribution in [0.3, 0.4) is 0 Å². The molecule has 2 heterocycles. The van der Waals surface area contributed by atoms with Crippen LogP contribution in [0.25, 0.3) is 0 Å². The molecule has 0 saturated carbocycles. The molecule has 10 heteroatoms. The quantitative estimate of drug-likeness (QED) is 0.490. The van der Waals surface area contributed by atoms with Gasteiger partial charge in [0.15, 0.2) is 6.04 Å². The number of carboxylic acid groups (broad SMARTS) is 1. The van der Waals surface area contributed by atoms with Crippen molar-refractivity contribution in [3.8, 4) is 0 Å². The summed E-state index contributed by atoms with van der Waals surface area (Å²) in [6.07, 6.45) is -1.01. The number of aliphatic hydroxyl groups is 1. The smallest absolute Gasteiger partial charge is 0.411 e. The fourth-order valence-electron chi connectivity index (χ4n) is 5.65. The number of carboxylic acids is 1. The second-order valence-electron chi connectivity index (χ2n) is 11.9. The monoisotopic (exact) mass is 565 g/mol. The molecule has 1 fully saturated rings. The molecule has 0 aromatic heterocycles. The first-order valence-corrected chi connectivity index (χ1v) is 13.9. The van der Waals surface area contributed by atoms with Crippen LogP contribution in [0.1, 0.15) is 57.2 Å². The average molecular weight is 566 g/mol. The Bertz CT molecular complexity index is 1280. The molecule has 0 spiro atoms. The molecule has 10 nitrogen and oxygen atoms in total. The highest BCUT2D eigenvalue weighted by atomic mass is 16.6. The summed E-state index contributed by atoms with van der Waals surface area (Å²) in [4.78, 5) is 55.7. The lowest BCUT2D eigenvalue weighted by atomic mass is 9.71. The van der Waals surface area contributed by atoms with Crippen LogP contribution in [0, 0.1) is 0 Å². The summed E-state index contributed by atoms with van der Waals surface area (Å²) in [5.74, 6) is -2.06. The van der Waals surface area contributed by atoms with Gasteiger partial charge in [-0.25, -0.2) is 9.59 Å². The summed E-state index contributed by atoms with van der Waals surface area (Å²) in [6.45, 7) is 7.37. The van der Waals surface area contributed by atoms with Crippen LogP contribution in [0.4, 0.5) is 4.79 Å². The van der Waals surface area contributed by atoms with Crippen LogP contribution < -0.4 is 5.32 Å². The molecule has 3 amide bonds. The van der Waals surface area contributed by atoms with Gasteiger partial charge in [0.1, 0.15) is 11.6 Å². The predicted octanol–water partition coefficient (Wildman–Crippen LogP) is 2.86. The van der Waals surface area contributed by atoms with Crippen LogP contribution in [0.2, 0.25) is 0 Å². The van der Waals surface area contributed by atoms with Gasteiger partial charge in [0.2, 0.25) is 11.8 Å². The number of piperidine rings is 1. The number of hydrogen-bond acceptors (Lipinski definition) is 6. The van der Waals surface area contributed by atoms with Crippen molar-refractivity contribution < 1.29 is 34.1 Å². The molecule has 2 aromatic rings. The van der Waals surface area contributed by atoms with E-state index >= 15 is 0 Å². The molecule has 3 atom stereocenters. The number of likely N-dealkylation sites (tertiary alicyclic amines) is 1. The number of amides is 3. The van der Waals surface area contributed by atoms with Crippen molar-refractivity contribution in [2.24, 2.45) is 0 Å². The van der Waals surface area contributed by atoms with Crippen LogP contribution >= 0.6 is 0 Å². The first-order valence-electron chi connectivity index (χ1n) is 13.9. The summed E-state index contributed by atoms with van der Waals surface area (Å²) < 4.78 is 5.65. The molecular formula is C31H39N3O7. The van der Waals surface area contributed by atoms with E-state index in [1.807, 2.05) is 54.6 Å². The average Bonchev–Trinajstić information content (AvgIpc) is 2.94. The highest BCUT2D eigenvalue weighted by Crippen LogP contribution is 2.37. The number of aliphatic hydroxyl groups excluding tert-OH is 1. The number of rotatable bonds is 6. The number of ether oxygens (including phenoxy) is 1. The second kappa shape index (κ2) is 11.9. The fourth-order valence-corrected chi connectivity index (χ4v) is 5.65. The van der Waals surface area contributed by atoms with Gasteiger partial charge >= 0.3 is 12.1 Å². The summed E-state index contributed by atoms with van der Waals surface area (Å²) in [6, 6.07) is 14.6. The van der Waals surface area contributed by atoms with Gasteiger partial charge in [-0.2, -0.15) is 0 Å². The lowest BCUT2D eigenvalue weighted by Crippen LogP contribution is -2.60. The minimum atomic E-state index is -1.47. The molecule has 2 aromatic carbocycles. The van der Waals surface area contributed by atoms with Gasteiger partial charge in [-0.3, -0.25) is 14.5 Å². The van der Waals surface area contributed by atoms with Gasteiger partial charge in [-0.1, -0.05) is 54.6 Å². The third-order valence-electron chi connectivity index (χ3n) is 7.89. The van der Waals surface area contributed by atoms with Crippen molar-refractivity contribution in [2.45, 2.75) is 82.7 Å². The Morgan fingerprint density at radius 1 is 0.976 bits per heavy atom. The Kier molecular flexibility index (Phi) is 8.72. The molecule has 0 bridgehead atoms. The number of aliphatic carboxylic acids is 1. The number of hydrogen-bond donors (Lipinski definition) is 3. The zero-order valence-corrected chi connectivity index (χ0v) is 24.0. The summed E-state index contributed by atoms with van der Waals surface area (Å²) >= 11 is 0. The van der Waals surface area contributed by atoms with E-state index in [1.54, 1.807) is 25.7 Å². The van der Waals surface area contributed by atoms with Gasteiger partial charge < -0.3 is 25.2 Å². The number of fused-ring (bicyclic) bond motifs is 1. The maximum Gasteiger partial charge on any atom is 0.411 e. The Hall–Kier alpha value is -3.92. The molecule has 2 aliphatic heterocycles. The largest absolute Gasteiger partial charge is 0.480 e. The molecule has 0 aliphatic carbocycles. The fraction of sp³-hybridized carbons (Fsp3) is 0.484. The zero-order chi connectivity index (χ0) is 29.9. The SMILES string of the molecule is C[C@H](O)[C@@H](NC(=O)C1(c2ccccc2)CCN(C(=O)[C@@H]2Cc3ccccc3CN2C(=O)OC(C)(C)C)CC1)C(=O)O. The third kappa shape index (κ3) is 6.53. The van der Waals surface area contributed by atoms with Crippen molar-refractivity contribution in [3.05, 3.63) is 71.3 Å².